The van der Waals surface area contributed by atoms with Crippen LogP contribution in [0.2, 0.25) is 16.6 Å². The first kappa shape index (κ1) is 53.1. The summed E-state index contributed by atoms with van der Waals surface area (Å²) in [5.41, 5.74) is -0.114. The molecule has 1 saturated carbocycles. The molecule has 3 atom stereocenters. The number of β-amino-alcohol motifs (C(OH)–C–C–N with tert-alkyl or cyclic N) is 1. The predicted octanol–water partition coefficient (Wildman–Crippen LogP) is 12.0. The average molecular weight is 1000 g/mol. The van der Waals surface area contributed by atoms with Crippen molar-refractivity contribution in [3.63, 3.8) is 0 Å². The van der Waals surface area contributed by atoms with E-state index in [1.807, 2.05) is 56.6 Å². The number of hydrogen-bond acceptors (Lipinski definition) is 11. The highest BCUT2D eigenvalue weighted by atomic mass is 28.4. The van der Waals surface area contributed by atoms with Gasteiger partial charge in [-0.2, -0.15) is 9.97 Å². The van der Waals surface area contributed by atoms with Gasteiger partial charge < -0.3 is 33.9 Å². The monoisotopic (exact) mass is 1000 g/mol. The lowest BCUT2D eigenvalue weighted by Crippen LogP contribution is -2.51. The number of ether oxygens (including phenoxy) is 2. The van der Waals surface area contributed by atoms with E-state index in [9.17, 15) is 15.0 Å². The third-order valence-corrected chi connectivity index (χ3v) is 22.7. The first-order valence-corrected chi connectivity index (χ1v) is 29.0. The molecule has 1 aliphatic carbocycles. The van der Waals surface area contributed by atoms with Crippen molar-refractivity contribution >= 4 is 41.9 Å². The van der Waals surface area contributed by atoms with Gasteiger partial charge >= 0.3 is 12.1 Å². The van der Waals surface area contributed by atoms with Gasteiger partial charge in [0.15, 0.2) is 5.82 Å². The third-order valence-electron chi connectivity index (χ3n) is 16.7. The Balaban J connectivity index is 1.16. The van der Waals surface area contributed by atoms with E-state index in [1.165, 1.54) is 6.07 Å². The van der Waals surface area contributed by atoms with E-state index in [4.69, 9.17) is 28.9 Å². The first-order valence-electron chi connectivity index (χ1n) is 26.8. The topological polar surface area (TPSA) is 134 Å². The van der Waals surface area contributed by atoms with E-state index < -0.39 is 25.3 Å². The molecule has 3 aliphatic heterocycles. The van der Waals surface area contributed by atoms with Gasteiger partial charge in [0.1, 0.15) is 40.8 Å². The number of rotatable bonds is 16. The van der Waals surface area contributed by atoms with Gasteiger partial charge in [0.25, 0.3) is 8.32 Å². The SMILES string of the molecule is CCc1c(F)ccc2cc(O[Si](C(C)C)(C(C)C)C(C)C)cc(-c3ncc4c(N5CCC[C@@](C)(O)C5)nc(OC[C@@]56CCCN5[C@H](CN(CC5CCC(CO)CC5)C(=O)OC(C)(C)C)CC6)nc4c3F)c12. The molecule has 1 amide bonds. The van der Waals surface area contributed by atoms with Crippen LogP contribution in [0.4, 0.5) is 19.4 Å². The van der Waals surface area contributed by atoms with E-state index in [1.54, 1.807) is 12.3 Å². The zero-order valence-corrected chi connectivity index (χ0v) is 45.5. The Morgan fingerprint density at radius 3 is 2.27 bits per heavy atom. The Morgan fingerprint density at radius 1 is 0.930 bits per heavy atom. The van der Waals surface area contributed by atoms with E-state index in [0.29, 0.717) is 84.2 Å². The smallest absolute Gasteiger partial charge is 0.410 e. The van der Waals surface area contributed by atoms with Gasteiger partial charge in [-0.25, -0.2) is 13.6 Å². The molecule has 2 aromatic heterocycles. The highest BCUT2D eigenvalue weighted by Gasteiger charge is 2.51. The maximum atomic E-state index is 18.0. The number of pyridine rings is 1. The van der Waals surface area contributed by atoms with Gasteiger partial charge in [-0.15, -0.1) is 0 Å². The molecule has 0 unspecified atom stereocenters. The van der Waals surface area contributed by atoms with Crippen LogP contribution in [0.3, 0.4) is 0 Å². The quantitative estimate of drug-likeness (QED) is 0.104. The second-order valence-corrected chi connectivity index (χ2v) is 29.2. The van der Waals surface area contributed by atoms with Crippen LogP contribution < -0.4 is 14.1 Å². The molecule has 5 heterocycles. The molecule has 0 spiro atoms. The van der Waals surface area contributed by atoms with E-state index in [-0.39, 0.29) is 77.1 Å². The fraction of sp³-hybridized carbons (Fsp3) is 0.679. The van der Waals surface area contributed by atoms with Crippen LogP contribution in [-0.2, 0) is 11.2 Å². The van der Waals surface area contributed by atoms with Crippen molar-refractivity contribution in [1.29, 1.82) is 0 Å². The minimum atomic E-state index is -2.47. The summed E-state index contributed by atoms with van der Waals surface area (Å²) in [5.74, 6) is 0.706. The molecule has 71 heavy (non-hydrogen) atoms. The Morgan fingerprint density at radius 2 is 1.62 bits per heavy atom. The largest absolute Gasteiger partial charge is 0.543 e. The summed E-state index contributed by atoms with van der Waals surface area (Å²) in [6, 6.07) is 7.18. The van der Waals surface area contributed by atoms with Gasteiger partial charge in [0.05, 0.1) is 16.5 Å². The van der Waals surface area contributed by atoms with Crippen LogP contribution >= 0.6 is 0 Å². The maximum Gasteiger partial charge on any atom is 0.410 e. The number of aromatic nitrogens is 3. The van der Waals surface area contributed by atoms with Gasteiger partial charge in [-0.1, -0.05) is 54.5 Å². The number of carbonyl (C=O) groups is 1. The van der Waals surface area contributed by atoms with E-state index >= 15 is 8.78 Å². The summed E-state index contributed by atoms with van der Waals surface area (Å²) in [5, 5.41) is 22.8. The number of benzene rings is 2. The Labute approximate surface area is 422 Å². The molecule has 8 rings (SSSR count). The lowest BCUT2D eigenvalue weighted by molar-refractivity contribution is 0.0105. The molecule has 0 bridgehead atoms. The second kappa shape index (κ2) is 21.0. The predicted molar refractivity (Wildman–Crippen MR) is 281 cm³/mol. The molecule has 4 fully saturated rings. The standard InChI is InChI=1S/C56H82F2N6O6Si/c1-12-43-46(57)20-19-40-27-42(70-71(35(2)3,36(4)5)37(6)7)28-44(47(40)43)49-48(58)50-45(29-59-49)51(62-25-13-22-55(11,67)33-62)61-52(60-50)68-34-56-23-14-26-64(56)41(21-24-56)31-63(53(66)69-54(8,9)10)30-38-15-17-39(32-65)18-16-38/h19-20,27-29,35-39,41,65,67H,12-18,21-26,30-34H2,1-11H3/t38?,39?,41-,55+,56-/m0/s1. The van der Waals surface area contributed by atoms with Crippen molar-refractivity contribution in [2.45, 2.75) is 186 Å². The molecule has 2 aromatic carbocycles. The number of amides is 1. The van der Waals surface area contributed by atoms with Crippen LogP contribution in [-0.4, -0.2) is 118 Å². The summed E-state index contributed by atoms with van der Waals surface area (Å²) in [6.07, 6.45) is 10.5. The summed E-state index contributed by atoms with van der Waals surface area (Å²) in [7, 11) is -2.47. The van der Waals surface area contributed by atoms with E-state index in [2.05, 4.69) is 46.4 Å². The van der Waals surface area contributed by atoms with E-state index in [0.717, 1.165) is 63.3 Å². The van der Waals surface area contributed by atoms with Crippen molar-refractivity contribution < 1.29 is 37.7 Å². The molecule has 4 aliphatic rings. The molecule has 4 aromatic rings. The Kier molecular flexibility index (Phi) is 15.7. The second-order valence-electron chi connectivity index (χ2n) is 23.9. The zero-order chi connectivity index (χ0) is 51.2. The highest BCUT2D eigenvalue weighted by molar-refractivity contribution is 6.78. The van der Waals surface area contributed by atoms with Crippen molar-refractivity contribution in [2.75, 3.05) is 50.8 Å². The van der Waals surface area contributed by atoms with Crippen LogP contribution in [0.1, 0.15) is 146 Å². The molecular formula is C56H82F2N6O6Si. The fourth-order valence-electron chi connectivity index (χ4n) is 13.3. The number of hydrogen-bond donors (Lipinski definition) is 2. The number of piperidine rings is 1. The maximum absolute atomic E-state index is 18.0. The Hall–Kier alpha value is -4.18. The third kappa shape index (κ3) is 10.9. The van der Waals surface area contributed by atoms with Gasteiger partial charge in [-0.05, 0) is 168 Å². The number of anilines is 1. The summed E-state index contributed by atoms with van der Waals surface area (Å²) >= 11 is 0. The molecule has 2 N–H and O–H groups in total. The van der Waals surface area contributed by atoms with Crippen LogP contribution in [0.15, 0.2) is 30.5 Å². The number of aryl methyl sites for hydroxylation is 1. The number of fused-ring (bicyclic) bond motifs is 3. The molecular weight excluding hydrogens is 919 g/mol. The molecule has 390 valence electrons. The van der Waals surface area contributed by atoms with Gasteiger partial charge in [0, 0.05) is 50.6 Å². The number of aliphatic hydroxyl groups is 2. The van der Waals surface area contributed by atoms with Crippen LogP contribution in [0.5, 0.6) is 11.8 Å². The van der Waals surface area contributed by atoms with Crippen molar-refractivity contribution in [3.8, 4) is 23.0 Å². The minimum absolute atomic E-state index is 0.0375. The van der Waals surface area contributed by atoms with Crippen molar-refractivity contribution in [1.82, 2.24) is 24.8 Å². The minimum Gasteiger partial charge on any atom is -0.543 e. The molecule has 12 nitrogen and oxygen atoms in total. The number of aliphatic hydroxyl groups excluding tert-OH is 1. The first-order chi connectivity index (χ1) is 33.6. The summed E-state index contributed by atoms with van der Waals surface area (Å²) < 4.78 is 53.7. The van der Waals surface area contributed by atoms with Gasteiger partial charge in [-0.3, -0.25) is 9.88 Å². The normalized spacial score (nSPS) is 24.4. The average Bonchev–Trinajstić information content (AvgIpc) is 3.88. The molecule has 0 radical (unpaired) electrons. The molecule has 15 heteroatoms. The number of nitrogens with zero attached hydrogens (tertiary/aromatic N) is 6. The Bertz CT molecular complexity index is 2520. The lowest BCUT2D eigenvalue weighted by atomic mass is 9.82. The lowest BCUT2D eigenvalue weighted by Gasteiger charge is -2.42. The fourth-order valence-corrected chi connectivity index (χ4v) is 18.5. The summed E-state index contributed by atoms with van der Waals surface area (Å²) in [6.45, 7) is 26.2. The van der Waals surface area contributed by atoms with Crippen molar-refractivity contribution in [2.24, 2.45) is 11.8 Å². The number of halogens is 2. The van der Waals surface area contributed by atoms with Crippen molar-refractivity contribution in [3.05, 3.63) is 47.7 Å². The molecule has 3 saturated heterocycles. The van der Waals surface area contributed by atoms with Crippen LogP contribution in [0.25, 0.3) is 32.9 Å². The van der Waals surface area contributed by atoms with Gasteiger partial charge in [0.2, 0.25) is 0 Å². The zero-order valence-electron chi connectivity index (χ0n) is 44.5. The van der Waals surface area contributed by atoms with Crippen LogP contribution in [0, 0.1) is 23.5 Å². The number of carbonyl (C=O) groups excluding carboxylic acids is 1. The highest BCUT2D eigenvalue weighted by Crippen LogP contribution is 2.47. The summed E-state index contributed by atoms with van der Waals surface area (Å²) in [4.78, 5) is 35.0.